The molecule has 5 nitrogen and oxygen atoms in total. The molecule has 1 N–H and O–H groups in total. The van der Waals surface area contributed by atoms with Crippen LogP contribution in [0.15, 0.2) is 98.7 Å². The minimum absolute atomic E-state index is 0.0945. The minimum Gasteiger partial charge on any atom is -0.456 e. The van der Waals surface area contributed by atoms with Crippen LogP contribution in [-0.4, -0.2) is 22.9 Å². The van der Waals surface area contributed by atoms with Gasteiger partial charge in [-0.15, -0.1) is 11.3 Å². The third kappa shape index (κ3) is 4.86. The molecule has 2 aromatic heterocycles. The quantitative estimate of drug-likeness (QED) is 0.174. The number of amides is 1. The van der Waals surface area contributed by atoms with E-state index in [1.54, 1.807) is 17.6 Å². The number of carbonyl (C=O) groups excluding carboxylic acids is 1. The molecule has 0 saturated heterocycles. The molecule has 0 unspecified atom stereocenters. The number of aromatic nitrogens is 1. The maximum absolute atomic E-state index is 12.6. The van der Waals surface area contributed by atoms with Crippen LogP contribution in [0.5, 0.6) is 0 Å². The van der Waals surface area contributed by atoms with Gasteiger partial charge in [0.05, 0.1) is 21.7 Å². The Balaban J connectivity index is 1.11. The second-order valence-electron chi connectivity index (χ2n) is 8.09. The maximum atomic E-state index is 12.6. The van der Waals surface area contributed by atoms with E-state index in [4.69, 9.17) is 16.0 Å². The first-order chi connectivity index (χ1) is 17.6. The van der Waals surface area contributed by atoms with Gasteiger partial charge in [-0.05, 0) is 54.1 Å². The molecule has 6 rings (SSSR count). The number of rotatable bonds is 6. The summed E-state index contributed by atoms with van der Waals surface area (Å²) >= 11 is 8.91. The number of nitrogens with zero attached hydrogens (tertiary/aromatic N) is 2. The molecule has 0 aliphatic carbocycles. The molecule has 0 aliphatic rings. The Bertz CT molecular complexity index is 1760. The van der Waals surface area contributed by atoms with E-state index in [2.05, 4.69) is 15.3 Å². The molecule has 2 heterocycles. The van der Waals surface area contributed by atoms with Crippen molar-refractivity contribution in [3.8, 4) is 0 Å². The van der Waals surface area contributed by atoms with Crippen molar-refractivity contribution in [3.63, 3.8) is 0 Å². The van der Waals surface area contributed by atoms with Crippen LogP contribution < -0.4 is 5.32 Å². The van der Waals surface area contributed by atoms with Crippen LogP contribution in [0.2, 0.25) is 5.02 Å². The summed E-state index contributed by atoms with van der Waals surface area (Å²) in [6, 6.07) is 27.1. The summed E-state index contributed by atoms with van der Waals surface area (Å²) in [6.07, 6.45) is 1.81. The lowest BCUT2D eigenvalue weighted by atomic mass is 10.1. The van der Waals surface area contributed by atoms with Gasteiger partial charge in [-0.25, -0.2) is 4.98 Å². The third-order valence-electron chi connectivity index (χ3n) is 5.57. The molecule has 0 atom stereocenters. The highest BCUT2D eigenvalue weighted by atomic mass is 35.5. The number of fused-ring (bicyclic) bond motifs is 4. The molecule has 36 heavy (non-hydrogen) atoms. The SMILES string of the molecule is O=C(CSc1nc2ccc(N=Cc3ccc(Cl)cc3)cc2s1)Nc1ccc2c(c1)oc1ccccc12. The van der Waals surface area contributed by atoms with Crippen molar-refractivity contribution in [1.29, 1.82) is 0 Å². The van der Waals surface area contributed by atoms with Gasteiger partial charge in [0.1, 0.15) is 11.2 Å². The van der Waals surface area contributed by atoms with Crippen LogP contribution in [0.1, 0.15) is 5.56 Å². The fourth-order valence-electron chi connectivity index (χ4n) is 3.86. The standard InChI is InChI=1S/C28H18ClN3O2S2/c29-18-7-5-17(6-8-18)15-30-19-10-12-23-26(14-19)36-28(32-23)35-16-27(33)31-20-9-11-22-21-3-1-2-4-24(21)34-25(22)13-20/h1-15H,16H2,(H,31,33). The second-order valence-corrected chi connectivity index (χ2v) is 10.8. The first-order valence-corrected chi connectivity index (χ1v) is 13.3. The Labute approximate surface area is 219 Å². The Morgan fingerprint density at radius 2 is 1.83 bits per heavy atom. The van der Waals surface area contributed by atoms with Crippen molar-refractivity contribution in [1.82, 2.24) is 4.98 Å². The zero-order valence-electron chi connectivity index (χ0n) is 18.8. The monoisotopic (exact) mass is 527 g/mol. The number of hydrogen-bond acceptors (Lipinski definition) is 6. The number of anilines is 1. The van der Waals surface area contributed by atoms with Crippen molar-refractivity contribution in [2.75, 3.05) is 11.1 Å². The number of thiazole rings is 1. The highest BCUT2D eigenvalue weighted by molar-refractivity contribution is 8.01. The third-order valence-corrected chi connectivity index (χ3v) is 7.99. The summed E-state index contributed by atoms with van der Waals surface area (Å²) in [5.41, 5.74) is 5.01. The molecule has 1 amide bonds. The highest BCUT2D eigenvalue weighted by Crippen LogP contribution is 2.33. The first-order valence-electron chi connectivity index (χ1n) is 11.1. The van der Waals surface area contributed by atoms with E-state index in [9.17, 15) is 4.79 Å². The fraction of sp³-hybridized carbons (Fsp3) is 0.0357. The van der Waals surface area contributed by atoms with Crippen LogP contribution in [0, 0.1) is 0 Å². The molecular weight excluding hydrogens is 510 g/mol. The number of benzene rings is 4. The van der Waals surface area contributed by atoms with Crippen LogP contribution in [-0.2, 0) is 4.79 Å². The van der Waals surface area contributed by atoms with E-state index in [0.29, 0.717) is 10.7 Å². The van der Waals surface area contributed by atoms with Crippen LogP contribution in [0.25, 0.3) is 32.2 Å². The van der Waals surface area contributed by atoms with Gasteiger partial charge in [-0.1, -0.05) is 53.7 Å². The molecule has 0 radical (unpaired) electrons. The summed E-state index contributed by atoms with van der Waals surface area (Å²) in [5, 5.41) is 5.75. The number of para-hydroxylation sites is 1. The van der Waals surface area contributed by atoms with E-state index in [1.165, 1.54) is 11.8 Å². The van der Waals surface area contributed by atoms with Gasteiger partial charge in [-0.3, -0.25) is 9.79 Å². The smallest absolute Gasteiger partial charge is 0.234 e. The average molecular weight is 528 g/mol. The van der Waals surface area contributed by atoms with Crippen molar-refractivity contribution >= 4 is 90.4 Å². The number of hydrogen-bond donors (Lipinski definition) is 1. The van der Waals surface area contributed by atoms with Gasteiger partial charge in [0.15, 0.2) is 4.34 Å². The molecule has 4 aromatic carbocycles. The molecule has 176 valence electrons. The van der Waals surface area contributed by atoms with E-state index < -0.39 is 0 Å². The van der Waals surface area contributed by atoms with Crippen LogP contribution in [0.4, 0.5) is 11.4 Å². The predicted octanol–water partition coefficient (Wildman–Crippen LogP) is 8.33. The number of furan rings is 1. The zero-order chi connectivity index (χ0) is 24.5. The summed E-state index contributed by atoms with van der Waals surface area (Å²) < 4.78 is 7.78. The van der Waals surface area contributed by atoms with Crippen molar-refractivity contribution in [2.45, 2.75) is 4.34 Å². The molecular formula is C28H18ClN3O2S2. The maximum Gasteiger partial charge on any atom is 0.234 e. The number of nitrogens with one attached hydrogen (secondary N) is 1. The molecule has 0 bridgehead atoms. The van der Waals surface area contributed by atoms with Crippen molar-refractivity contribution in [2.24, 2.45) is 4.99 Å². The van der Waals surface area contributed by atoms with E-state index in [0.717, 1.165) is 47.7 Å². The normalized spacial score (nSPS) is 11.7. The minimum atomic E-state index is -0.0945. The van der Waals surface area contributed by atoms with Crippen LogP contribution in [0.3, 0.4) is 0 Å². The summed E-state index contributed by atoms with van der Waals surface area (Å²) in [5.74, 6) is 0.169. The van der Waals surface area contributed by atoms with Gasteiger partial charge in [0.25, 0.3) is 0 Å². The summed E-state index contributed by atoms with van der Waals surface area (Å²) in [7, 11) is 0. The van der Waals surface area contributed by atoms with Gasteiger partial charge in [0.2, 0.25) is 5.91 Å². The average Bonchev–Trinajstić information content (AvgIpc) is 3.47. The van der Waals surface area contributed by atoms with E-state index in [-0.39, 0.29) is 11.7 Å². The Morgan fingerprint density at radius 3 is 2.72 bits per heavy atom. The second kappa shape index (κ2) is 9.78. The molecule has 0 aliphatic heterocycles. The van der Waals surface area contributed by atoms with Gasteiger partial charge in [0, 0.05) is 33.8 Å². The van der Waals surface area contributed by atoms with Crippen molar-refractivity contribution < 1.29 is 9.21 Å². The van der Waals surface area contributed by atoms with E-state index in [1.807, 2.05) is 84.9 Å². The Kier molecular flexibility index (Phi) is 6.19. The summed E-state index contributed by atoms with van der Waals surface area (Å²) in [6.45, 7) is 0. The Hall–Kier alpha value is -3.65. The summed E-state index contributed by atoms with van der Waals surface area (Å²) in [4.78, 5) is 21.8. The van der Waals surface area contributed by atoms with Gasteiger partial charge >= 0.3 is 0 Å². The number of halogens is 1. The van der Waals surface area contributed by atoms with E-state index >= 15 is 0 Å². The molecule has 6 aromatic rings. The predicted molar refractivity (Wildman–Crippen MR) is 151 cm³/mol. The molecule has 0 fully saturated rings. The Morgan fingerprint density at radius 1 is 1.00 bits per heavy atom. The largest absolute Gasteiger partial charge is 0.456 e. The number of carbonyl (C=O) groups is 1. The zero-order valence-corrected chi connectivity index (χ0v) is 21.2. The molecule has 0 saturated carbocycles. The van der Waals surface area contributed by atoms with Crippen LogP contribution >= 0.6 is 34.7 Å². The topological polar surface area (TPSA) is 67.5 Å². The van der Waals surface area contributed by atoms with Crippen molar-refractivity contribution in [3.05, 3.63) is 95.5 Å². The van der Waals surface area contributed by atoms with Gasteiger partial charge in [-0.2, -0.15) is 0 Å². The number of thioether (sulfide) groups is 1. The molecule has 0 spiro atoms. The lowest BCUT2D eigenvalue weighted by Gasteiger charge is -2.04. The lowest BCUT2D eigenvalue weighted by Crippen LogP contribution is -2.13. The first kappa shape index (κ1) is 22.8. The van der Waals surface area contributed by atoms with Gasteiger partial charge < -0.3 is 9.73 Å². The number of aliphatic imine (C=N–C) groups is 1. The highest BCUT2D eigenvalue weighted by Gasteiger charge is 2.11. The molecule has 8 heteroatoms. The fourth-order valence-corrected chi connectivity index (χ4v) is 5.89. The lowest BCUT2D eigenvalue weighted by molar-refractivity contribution is -0.113.